The molecule has 0 atom stereocenters. The zero-order valence-electron chi connectivity index (χ0n) is 10.9. The number of methoxy groups -OCH3 is 1. The molecule has 3 heterocycles. The van der Waals surface area contributed by atoms with Gasteiger partial charge in [-0.1, -0.05) is 0 Å². The molecule has 4 nitrogen and oxygen atoms in total. The molecule has 0 saturated heterocycles. The summed E-state index contributed by atoms with van der Waals surface area (Å²) in [6, 6.07) is 2.00. The van der Waals surface area contributed by atoms with E-state index in [2.05, 4.69) is 60.4 Å². The third-order valence-electron chi connectivity index (χ3n) is 3.20. The van der Waals surface area contributed by atoms with Crippen molar-refractivity contribution in [2.75, 3.05) is 7.11 Å². The lowest BCUT2D eigenvalue weighted by molar-refractivity contribution is 0.396. The largest absolute Gasteiger partial charge is 0.480 e. The number of ether oxygens (including phenoxy) is 1. The minimum atomic E-state index is 0.574. The van der Waals surface area contributed by atoms with Crippen LogP contribution >= 0.6 is 38.5 Å². The maximum Gasteiger partial charge on any atom is 0.229 e. The molecule has 0 aliphatic heterocycles. The maximum absolute atomic E-state index is 5.24. The number of hydrogen-bond donors (Lipinski definition) is 1. The number of H-pyrrole nitrogens is 1. The average Bonchev–Trinajstić information content (AvgIpc) is 2.78. The van der Waals surface area contributed by atoms with Crippen LogP contribution in [0.15, 0.2) is 29.1 Å². The summed E-state index contributed by atoms with van der Waals surface area (Å²) in [4.78, 5) is 12.0. The first-order valence-electron chi connectivity index (χ1n) is 5.94. The predicted molar refractivity (Wildman–Crippen MR) is 91.0 cm³/mol. The summed E-state index contributed by atoms with van der Waals surface area (Å²) in [5.41, 5.74) is 4.32. The van der Waals surface area contributed by atoms with Gasteiger partial charge in [0.2, 0.25) is 5.88 Å². The van der Waals surface area contributed by atoms with Crippen LogP contribution in [0, 0.1) is 10.5 Å². The number of aromatic amines is 1. The number of aromatic nitrogens is 3. The molecule has 0 unspecified atom stereocenters. The number of hydrogen-bond acceptors (Lipinski definition) is 3. The highest BCUT2D eigenvalue weighted by Crippen LogP contribution is 2.38. The van der Waals surface area contributed by atoms with E-state index in [4.69, 9.17) is 4.74 Å². The van der Waals surface area contributed by atoms with Crippen LogP contribution in [0.5, 0.6) is 5.88 Å². The van der Waals surface area contributed by atoms with Crippen LogP contribution in [0.4, 0.5) is 0 Å². The van der Waals surface area contributed by atoms with Gasteiger partial charge in [-0.3, -0.25) is 4.98 Å². The van der Waals surface area contributed by atoms with Gasteiger partial charge >= 0.3 is 0 Å². The van der Waals surface area contributed by atoms with Crippen LogP contribution in [0.1, 0.15) is 5.56 Å². The molecule has 0 aromatic carbocycles. The first kappa shape index (κ1) is 13.8. The molecule has 3 aromatic heterocycles. The Hall–Kier alpha value is -1.15. The van der Waals surface area contributed by atoms with E-state index in [0.29, 0.717) is 5.88 Å². The number of nitrogens with zero attached hydrogens (tertiary/aromatic N) is 2. The fraction of sp³-hybridized carbons (Fsp3) is 0.143. The number of fused-ring (bicyclic) bond motifs is 1. The number of aryl methyl sites for hydroxylation is 1. The number of rotatable bonds is 2. The van der Waals surface area contributed by atoms with Crippen molar-refractivity contribution in [2.45, 2.75) is 6.92 Å². The van der Waals surface area contributed by atoms with Gasteiger partial charge in [-0.25, -0.2) is 4.98 Å². The first-order valence-corrected chi connectivity index (χ1v) is 7.81. The van der Waals surface area contributed by atoms with Gasteiger partial charge in [-0.2, -0.15) is 0 Å². The van der Waals surface area contributed by atoms with E-state index in [1.807, 2.05) is 18.5 Å². The zero-order valence-corrected chi connectivity index (χ0v) is 14.6. The lowest BCUT2D eigenvalue weighted by Crippen LogP contribution is -1.88. The van der Waals surface area contributed by atoms with Crippen molar-refractivity contribution in [2.24, 2.45) is 0 Å². The van der Waals surface area contributed by atoms with Crippen LogP contribution in [-0.4, -0.2) is 22.1 Å². The van der Waals surface area contributed by atoms with Gasteiger partial charge in [0.1, 0.15) is 4.47 Å². The standard InChI is InChI=1S/C14H11BrIN3O/c1-7-3-4-17-5-8(7)13-11(16)9-6-18-14(20-2)10(15)12(9)19-13/h3-6,19H,1-2H3. The van der Waals surface area contributed by atoms with Gasteiger partial charge in [0.15, 0.2) is 0 Å². The molecule has 3 aromatic rings. The first-order chi connectivity index (χ1) is 9.63. The van der Waals surface area contributed by atoms with Gasteiger partial charge in [0, 0.05) is 33.1 Å². The van der Waals surface area contributed by atoms with E-state index in [1.54, 1.807) is 13.3 Å². The van der Waals surface area contributed by atoms with Gasteiger partial charge in [-0.05, 0) is 57.1 Å². The monoisotopic (exact) mass is 443 g/mol. The predicted octanol–water partition coefficient (Wildman–Crippen LogP) is 4.31. The molecule has 0 radical (unpaired) electrons. The SMILES string of the molecule is COc1ncc2c(I)c(-c3cnccc3C)[nH]c2c1Br. The summed E-state index contributed by atoms with van der Waals surface area (Å²) in [5.74, 6) is 0.574. The van der Waals surface area contributed by atoms with Crippen molar-refractivity contribution in [1.82, 2.24) is 15.0 Å². The zero-order chi connectivity index (χ0) is 14.3. The van der Waals surface area contributed by atoms with Crippen molar-refractivity contribution in [3.8, 4) is 17.1 Å². The molecule has 0 spiro atoms. The Morgan fingerprint density at radius 3 is 2.85 bits per heavy atom. The Balaban J connectivity index is 2.31. The van der Waals surface area contributed by atoms with E-state index >= 15 is 0 Å². The molecular formula is C14H11BrIN3O. The Morgan fingerprint density at radius 1 is 1.35 bits per heavy atom. The maximum atomic E-state index is 5.24. The van der Waals surface area contributed by atoms with Crippen LogP contribution < -0.4 is 4.74 Å². The van der Waals surface area contributed by atoms with Gasteiger partial charge in [0.05, 0.1) is 18.3 Å². The smallest absolute Gasteiger partial charge is 0.229 e. The second-order valence-corrected chi connectivity index (χ2v) is 6.25. The molecule has 0 bridgehead atoms. The molecule has 0 saturated carbocycles. The fourth-order valence-corrected chi connectivity index (χ4v) is 3.54. The molecule has 1 N–H and O–H groups in total. The van der Waals surface area contributed by atoms with E-state index in [9.17, 15) is 0 Å². The van der Waals surface area contributed by atoms with E-state index in [0.717, 1.165) is 30.2 Å². The quantitative estimate of drug-likeness (QED) is 0.600. The van der Waals surface area contributed by atoms with E-state index in [-0.39, 0.29) is 0 Å². The molecule has 0 aliphatic carbocycles. The van der Waals surface area contributed by atoms with Crippen LogP contribution in [0.25, 0.3) is 22.2 Å². The summed E-state index contributed by atoms with van der Waals surface area (Å²) < 4.78 is 7.20. The van der Waals surface area contributed by atoms with E-state index in [1.165, 1.54) is 5.56 Å². The summed E-state index contributed by atoms with van der Waals surface area (Å²) in [7, 11) is 1.61. The number of pyridine rings is 2. The van der Waals surface area contributed by atoms with Crippen molar-refractivity contribution in [3.05, 3.63) is 38.3 Å². The lowest BCUT2D eigenvalue weighted by Gasteiger charge is -2.02. The molecule has 3 rings (SSSR count). The Kier molecular flexibility index (Phi) is 3.68. The normalized spacial score (nSPS) is 11.0. The molecule has 6 heteroatoms. The Labute approximate surface area is 138 Å². The van der Waals surface area contributed by atoms with Gasteiger partial charge < -0.3 is 9.72 Å². The highest BCUT2D eigenvalue weighted by molar-refractivity contribution is 14.1. The molecule has 0 aliphatic rings. The van der Waals surface area contributed by atoms with Crippen LogP contribution in [0.2, 0.25) is 0 Å². The number of nitrogens with one attached hydrogen (secondary N) is 1. The van der Waals surface area contributed by atoms with Crippen LogP contribution in [0.3, 0.4) is 0 Å². The number of halogens is 2. The highest BCUT2D eigenvalue weighted by atomic mass is 127. The minimum Gasteiger partial charge on any atom is -0.480 e. The molecule has 0 fully saturated rings. The van der Waals surface area contributed by atoms with Crippen molar-refractivity contribution < 1.29 is 4.74 Å². The summed E-state index contributed by atoms with van der Waals surface area (Å²) in [6.07, 6.45) is 5.50. The molecule has 20 heavy (non-hydrogen) atoms. The third-order valence-corrected chi connectivity index (χ3v) is 5.05. The van der Waals surface area contributed by atoms with Crippen molar-refractivity contribution >= 4 is 49.4 Å². The fourth-order valence-electron chi connectivity index (χ4n) is 2.13. The summed E-state index contributed by atoms with van der Waals surface area (Å²) in [6.45, 7) is 2.08. The van der Waals surface area contributed by atoms with Crippen molar-refractivity contribution in [1.29, 1.82) is 0 Å². The van der Waals surface area contributed by atoms with E-state index < -0.39 is 0 Å². The summed E-state index contributed by atoms with van der Waals surface area (Å²) >= 11 is 5.88. The third kappa shape index (κ3) is 2.10. The Morgan fingerprint density at radius 2 is 2.15 bits per heavy atom. The molecule has 0 amide bonds. The average molecular weight is 444 g/mol. The van der Waals surface area contributed by atoms with Gasteiger partial charge in [-0.15, -0.1) is 0 Å². The van der Waals surface area contributed by atoms with Crippen LogP contribution in [-0.2, 0) is 0 Å². The summed E-state index contributed by atoms with van der Waals surface area (Å²) in [5, 5.41) is 1.07. The molecule has 102 valence electrons. The molecular weight excluding hydrogens is 433 g/mol. The second-order valence-electron chi connectivity index (χ2n) is 4.37. The minimum absolute atomic E-state index is 0.574. The lowest BCUT2D eigenvalue weighted by atomic mass is 10.1. The second kappa shape index (κ2) is 5.33. The highest BCUT2D eigenvalue weighted by Gasteiger charge is 2.17. The van der Waals surface area contributed by atoms with Crippen molar-refractivity contribution in [3.63, 3.8) is 0 Å². The topological polar surface area (TPSA) is 50.8 Å². The van der Waals surface area contributed by atoms with Gasteiger partial charge in [0.25, 0.3) is 0 Å². The Bertz CT molecular complexity index is 800.